The van der Waals surface area contributed by atoms with Crippen LogP contribution in [0.3, 0.4) is 0 Å². The molecule has 1 aliphatic heterocycles. The first-order valence-corrected chi connectivity index (χ1v) is 7.51. The Bertz CT molecular complexity index is 412. The van der Waals surface area contributed by atoms with Crippen molar-refractivity contribution in [3.63, 3.8) is 0 Å². The molecule has 0 unspecified atom stereocenters. The Hall–Kier alpha value is -1.62. The fraction of sp³-hybridized carbons (Fsp3) is 0.600. The molecule has 1 aliphatic rings. The summed E-state index contributed by atoms with van der Waals surface area (Å²) in [4.78, 5) is 18.6. The summed E-state index contributed by atoms with van der Waals surface area (Å²) in [6.45, 7) is 6.70. The SMILES string of the molecule is CCCNCCNC(=O)c1ccc(N2CCCC2)nc1. The maximum Gasteiger partial charge on any atom is 0.252 e. The van der Waals surface area contributed by atoms with Crippen LogP contribution in [-0.4, -0.2) is 43.6 Å². The van der Waals surface area contributed by atoms with Crippen molar-refractivity contribution in [2.45, 2.75) is 26.2 Å². The van der Waals surface area contributed by atoms with Crippen molar-refractivity contribution in [3.8, 4) is 0 Å². The van der Waals surface area contributed by atoms with Crippen LogP contribution in [0, 0.1) is 0 Å². The Morgan fingerprint density at radius 2 is 2.05 bits per heavy atom. The van der Waals surface area contributed by atoms with Crippen LogP contribution in [-0.2, 0) is 0 Å². The van der Waals surface area contributed by atoms with Crippen molar-refractivity contribution in [2.75, 3.05) is 37.6 Å². The van der Waals surface area contributed by atoms with E-state index in [1.54, 1.807) is 6.20 Å². The van der Waals surface area contributed by atoms with Gasteiger partial charge in [-0.3, -0.25) is 4.79 Å². The first kappa shape index (κ1) is 14.8. The van der Waals surface area contributed by atoms with Gasteiger partial charge in [0.25, 0.3) is 5.91 Å². The van der Waals surface area contributed by atoms with E-state index in [0.717, 1.165) is 38.4 Å². The van der Waals surface area contributed by atoms with Crippen molar-refractivity contribution in [2.24, 2.45) is 0 Å². The summed E-state index contributed by atoms with van der Waals surface area (Å²) in [6, 6.07) is 3.80. The monoisotopic (exact) mass is 276 g/mol. The lowest BCUT2D eigenvalue weighted by atomic mass is 10.2. The van der Waals surface area contributed by atoms with E-state index in [9.17, 15) is 4.79 Å². The molecular weight excluding hydrogens is 252 g/mol. The molecular formula is C15H24N4O. The van der Waals surface area contributed by atoms with Crippen LogP contribution < -0.4 is 15.5 Å². The van der Waals surface area contributed by atoms with Crippen molar-refractivity contribution in [3.05, 3.63) is 23.9 Å². The van der Waals surface area contributed by atoms with Crippen LogP contribution in [0.25, 0.3) is 0 Å². The third-order valence-corrected chi connectivity index (χ3v) is 3.45. The summed E-state index contributed by atoms with van der Waals surface area (Å²) in [5.74, 6) is 0.924. The van der Waals surface area contributed by atoms with Crippen LogP contribution in [0.1, 0.15) is 36.5 Å². The normalized spacial score (nSPS) is 14.6. The molecule has 2 N–H and O–H groups in total. The molecule has 1 saturated heterocycles. The third-order valence-electron chi connectivity index (χ3n) is 3.45. The molecule has 0 atom stereocenters. The highest BCUT2D eigenvalue weighted by atomic mass is 16.1. The summed E-state index contributed by atoms with van der Waals surface area (Å²) in [6.07, 6.45) is 5.24. The number of anilines is 1. The van der Waals surface area contributed by atoms with Crippen molar-refractivity contribution >= 4 is 11.7 Å². The number of aromatic nitrogens is 1. The Labute approximate surface area is 120 Å². The van der Waals surface area contributed by atoms with E-state index in [4.69, 9.17) is 0 Å². The van der Waals surface area contributed by atoms with E-state index < -0.39 is 0 Å². The van der Waals surface area contributed by atoms with Gasteiger partial charge in [0.05, 0.1) is 5.56 Å². The van der Waals surface area contributed by atoms with Gasteiger partial charge in [-0.05, 0) is 37.9 Å². The number of amides is 1. The number of carbonyl (C=O) groups excluding carboxylic acids is 1. The maximum absolute atomic E-state index is 11.9. The molecule has 1 amide bonds. The van der Waals surface area contributed by atoms with E-state index >= 15 is 0 Å². The van der Waals surface area contributed by atoms with E-state index in [1.165, 1.54) is 12.8 Å². The fourth-order valence-corrected chi connectivity index (χ4v) is 2.32. The number of nitrogens with one attached hydrogen (secondary N) is 2. The minimum Gasteiger partial charge on any atom is -0.357 e. The number of rotatable bonds is 7. The van der Waals surface area contributed by atoms with Gasteiger partial charge in [0.2, 0.25) is 0 Å². The Kier molecular flexibility index (Phi) is 5.80. The molecule has 0 saturated carbocycles. The highest BCUT2D eigenvalue weighted by molar-refractivity contribution is 5.94. The first-order chi connectivity index (χ1) is 9.81. The quantitative estimate of drug-likeness (QED) is 0.739. The molecule has 2 rings (SSSR count). The number of hydrogen-bond acceptors (Lipinski definition) is 4. The standard InChI is InChI=1S/C15H24N4O/c1-2-7-16-8-9-17-15(20)13-5-6-14(18-12-13)19-10-3-4-11-19/h5-6,12,16H,2-4,7-11H2,1H3,(H,17,20). The van der Waals surface area contributed by atoms with Crippen LogP contribution in [0.15, 0.2) is 18.3 Å². The summed E-state index contributed by atoms with van der Waals surface area (Å²) in [5.41, 5.74) is 0.628. The van der Waals surface area contributed by atoms with Gasteiger partial charge in [-0.15, -0.1) is 0 Å². The second-order valence-electron chi connectivity index (χ2n) is 5.11. The molecule has 1 aromatic rings. The van der Waals surface area contributed by atoms with Crippen molar-refractivity contribution < 1.29 is 4.79 Å². The highest BCUT2D eigenvalue weighted by Gasteiger charge is 2.14. The number of carbonyl (C=O) groups is 1. The summed E-state index contributed by atoms with van der Waals surface area (Å²) >= 11 is 0. The second-order valence-corrected chi connectivity index (χ2v) is 5.11. The topological polar surface area (TPSA) is 57.3 Å². The van der Waals surface area contributed by atoms with Crippen LogP contribution in [0.2, 0.25) is 0 Å². The largest absolute Gasteiger partial charge is 0.357 e. The molecule has 5 heteroatoms. The molecule has 0 aromatic carbocycles. The number of nitrogens with zero attached hydrogens (tertiary/aromatic N) is 2. The van der Waals surface area contributed by atoms with E-state index in [0.29, 0.717) is 12.1 Å². The third kappa shape index (κ3) is 4.20. The van der Waals surface area contributed by atoms with Gasteiger partial charge in [-0.2, -0.15) is 0 Å². The summed E-state index contributed by atoms with van der Waals surface area (Å²) < 4.78 is 0. The predicted molar refractivity (Wildman–Crippen MR) is 81.2 cm³/mol. The Balaban J connectivity index is 1.78. The highest BCUT2D eigenvalue weighted by Crippen LogP contribution is 2.17. The molecule has 0 aliphatic carbocycles. The van der Waals surface area contributed by atoms with Crippen molar-refractivity contribution in [1.82, 2.24) is 15.6 Å². The average Bonchev–Trinajstić information content (AvgIpc) is 3.01. The zero-order chi connectivity index (χ0) is 14.2. The molecule has 110 valence electrons. The predicted octanol–water partition coefficient (Wildman–Crippen LogP) is 1.41. The lowest BCUT2D eigenvalue weighted by Crippen LogP contribution is -2.32. The molecule has 1 fully saturated rings. The molecule has 0 bridgehead atoms. The lowest BCUT2D eigenvalue weighted by Gasteiger charge is -2.16. The zero-order valence-corrected chi connectivity index (χ0v) is 12.2. The van der Waals surface area contributed by atoms with E-state index in [2.05, 4.69) is 27.4 Å². The lowest BCUT2D eigenvalue weighted by molar-refractivity contribution is 0.0953. The molecule has 0 radical (unpaired) electrons. The van der Waals surface area contributed by atoms with Crippen LogP contribution in [0.4, 0.5) is 5.82 Å². The Morgan fingerprint density at radius 1 is 1.25 bits per heavy atom. The van der Waals surface area contributed by atoms with Gasteiger partial charge < -0.3 is 15.5 Å². The molecule has 20 heavy (non-hydrogen) atoms. The minimum atomic E-state index is -0.0521. The summed E-state index contributed by atoms with van der Waals surface area (Å²) in [7, 11) is 0. The molecule has 0 spiro atoms. The van der Waals surface area contributed by atoms with Crippen LogP contribution in [0.5, 0.6) is 0 Å². The smallest absolute Gasteiger partial charge is 0.252 e. The minimum absolute atomic E-state index is 0.0521. The first-order valence-electron chi connectivity index (χ1n) is 7.51. The number of hydrogen-bond donors (Lipinski definition) is 2. The van der Waals surface area contributed by atoms with Gasteiger partial charge in [0, 0.05) is 32.4 Å². The van der Waals surface area contributed by atoms with Gasteiger partial charge in [0.15, 0.2) is 0 Å². The van der Waals surface area contributed by atoms with Gasteiger partial charge in [-0.1, -0.05) is 6.92 Å². The molecule has 5 nitrogen and oxygen atoms in total. The molecule has 1 aromatic heterocycles. The van der Waals surface area contributed by atoms with E-state index in [1.807, 2.05) is 12.1 Å². The second kappa shape index (κ2) is 7.85. The van der Waals surface area contributed by atoms with Gasteiger partial charge >= 0.3 is 0 Å². The average molecular weight is 276 g/mol. The van der Waals surface area contributed by atoms with E-state index in [-0.39, 0.29) is 5.91 Å². The van der Waals surface area contributed by atoms with Gasteiger partial charge in [0.1, 0.15) is 5.82 Å². The number of pyridine rings is 1. The molecule has 2 heterocycles. The summed E-state index contributed by atoms with van der Waals surface area (Å²) in [5, 5.41) is 6.14. The van der Waals surface area contributed by atoms with Gasteiger partial charge in [-0.25, -0.2) is 4.98 Å². The fourth-order valence-electron chi connectivity index (χ4n) is 2.32. The zero-order valence-electron chi connectivity index (χ0n) is 12.2. The van der Waals surface area contributed by atoms with Crippen molar-refractivity contribution in [1.29, 1.82) is 0 Å². The maximum atomic E-state index is 11.9. The van der Waals surface area contributed by atoms with Crippen LogP contribution >= 0.6 is 0 Å². The Morgan fingerprint density at radius 3 is 2.70 bits per heavy atom.